The Kier molecular flexibility index (Phi) is 2.61. The summed E-state index contributed by atoms with van der Waals surface area (Å²) >= 11 is 0. The molecule has 0 aromatic heterocycles. The second kappa shape index (κ2) is 3.71. The largest absolute Gasteiger partial charge is 0.313 e. The summed E-state index contributed by atoms with van der Waals surface area (Å²) in [5.74, 6) is 0. The predicted molar refractivity (Wildman–Crippen MR) is 47.0 cm³/mol. The summed E-state index contributed by atoms with van der Waals surface area (Å²) in [6, 6.07) is 0.635. The van der Waals surface area contributed by atoms with Gasteiger partial charge in [0.05, 0.1) is 0 Å². The summed E-state index contributed by atoms with van der Waals surface area (Å²) in [6.45, 7) is 3.83. The lowest BCUT2D eigenvalue weighted by atomic mass is 10.2. The predicted octanol–water partition coefficient (Wildman–Crippen LogP) is 0.782. The molecule has 12 heavy (non-hydrogen) atoms. The van der Waals surface area contributed by atoms with Gasteiger partial charge in [-0.05, 0) is 25.8 Å². The van der Waals surface area contributed by atoms with Crippen molar-refractivity contribution in [3.05, 3.63) is 0 Å². The maximum atomic E-state index is 12.8. The maximum absolute atomic E-state index is 12.8. The van der Waals surface area contributed by atoms with Gasteiger partial charge in [0.15, 0.2) is 0 Å². The van der Waals surface area contributed by atoms with E-state index in [1.807, 2.05) is 0 Å². The number of nitrogens with zero attached hydrogens (tertiary/aromatic N) is 1. The zero-order chi connectivity index (χ0) is 8.39. The lowest BCUT2D eigenvalue weighted by Crippen LogP contribution is -2.36. The fourth-order valence-electron chi connectivity index (χ4n) is 2.18. The molecule has 2 rings (SSSR count). The Bertz CT molecular complexity index is 145. The fraction of sp³-hybridized carbons (Fsp3) is 1.00. The Morgan fingerprint density at radius 1 is 1.42 bits per heavy atom. The lowest BCUT2D eigenvalue weighted by molar-refractivity contribution is 0.268. The average Bonchev–Trinajstić information content (AvgIpc) is 2.63. The van der Waals surface area contributed by atoms with Gasteiger partial charge in [-0.1, -0.05) is 0 Å². The number of likely N-dealkylation sites (tertiary alicyclic amines) is 1. The minimum absolute atomic E-state index is 0.564. The molecule has 0 radical (unpaired) electrons. The van der Waals surface area contributed by atoms with E-state index in [0.717, 1.165) is 26.1 Å². The van der Waals surface area contributed by atoms with Crippen LogP contribution in [-0.2, 0) is 0 Å². The Hall–Kier alpha value is -0.150. The molecular weight excluding hydrogens is 155 g/mol. The standard InChI is InChI=1S/C9H17FN2/c10-8-3-5-12(6-8)7-9-2-1-4-11-9/h8-9,11H,1-7H2/t8-,9?/m0/s1. The molecule has 0 spiro atoms. The minimum Gasteiger partial charge on any atom is -0.313 e. The molecule has 0 aromatic rings. The van der Waals surface area contributed by atoms with Crippen LogP contribution >= 0.6 is 0 Å². The molecule has 2 aliphatic heterocycles. The van der Waals surface area contributed by atoms with Crippen molar-refractivity contribution in [3.63, 3.8) is 0 Å². The van der Waals surface area contributed by atoms with Crippen molar-refractivity contribution in [1.29, 1.82) is 0 Å². The molecular formula is C9H17FN2. The first-order chi connectivity index (χ1) is 5.84. The molecule has 70 valence electrons. The molecule has 1 unspecified atom stereocenters. The molecule has 0 aromatic carbocycles. The van der Waals surface area contributed by atoms with E-state index in [1.54, 1.807) is 0 Å². The van der Waals surface area contributed by atoms with Crippen LogP contribution < -0.4 is 5.32 Å². The first kappa shape index (κ1) is 8.45. The number of rotatable bonds is 2. The molecule has 2 saturated heterocycles. The summed E-state index contributed by atoms with van der Waals surface area (Å²) in [5, 5.41) is 3.43. The number of nitrogens with one attached hydrogen (secondary N) is 1. The van der Waals surface area contributed by atoms with E-state index in [1.165, 1.54) is 12.8 Å². The SMILES string of the molecule is F[C@H]1CCN(CC2CCCN2)C1. The second-order valence-electron chi connectivity index (χ2n) is 3.94. The molecule has 0 bridgehead atoms. The van der Waals surface area contributed by atoms with Crippen molar-refractivity contribution < 1.29 is 4.39 Å². The van der Waals surface area contributed by atoms with Gasteiger partial charge in [-0.15, -0.1) is 0 Å². The molecule has 0 amide bonds. The molecule has 2 atom stereocenters. The summed E-state index contributed by atoms with van der Waals surface area (Å²) in [4.78, 5) is 2.24. The highest BCUT2D eigenvalue weighted by Gasteiger charge is 2.25. The quantitative estimate of drug-likeness (QED) is 0.662. The van der Waals surface area contributed by atoms with Crippen molar-refractivity contribution in [1.82, 2.24) is 10.2 Å². The van der Waals surface area contributed by atoms with E-state index in [9.17, 15) is 4.39 Å². The zero-order valence-corrected chi connectivity index (χ0v) is 7.43. The van der Waals surface area contributed by atoms with E-state index in [2.05, 4.69) is 10.2 Å². The topological polar surface area (TPSA) is 15.3 Å². The molecule has 0 saturated carbocycles. The van der Waals surface area contributed by atoms with Crippen LogP contribution in [0.4, 0.5) is 4.39 Å². The van der Waals surface area contributed by atoms with Gasteiger partial charge in [0, 0.05) is 25.7 Å². The van der Waals surface area contributed by atoms with E-state index in [0.29, 0.717) is 12.6 Å². The second-order valence-corrected chi connectivity index (χ2v) is 3.94. The van der Waals surface area contributed by atoms with Crippen molar-refractivity contribution in [2.45, 2.75) is 31.5 Å². The average molecular weight is 172 g/mol. The minimum atomic E-state index is -0.564. The van der Waals surface area contributed by atoms with Gasteiger partial charge in [-0.25, -0.2) is 4.39 Å². The van der Waals surface area contributed by atoms with Gasteiger partial charge in [0.2, 0.25) is 0 Å². The summed E-state index contributed by atoms with van der Waals surface area (Å²) in [5.41, 5.74) is 0. The normalized spacial score (nSPS) is 37.8. The third-order valence-electron chi connectivity index (χ3n) is 2.86. The van der Waals surface area contributed by atoms with Crippen LogP contribution in [0, 0.1) is 0 Å². The number of alkyl halides is 1. The van der Waals surface area contributed by atoms with Gasteiger partial charge in [0.1, 0.15) is 6.17 Å². The smallest absolute Gasteiger partial charge is 0.114 e. The summed E-state index contributed by atoms with van der Waals surface area (Å²) in [6.07, 6.45) is 2.74. The lowest BCUT2D eigenvalue weighted by Gasteiger charge is -2.19. The monoisotopic (exact) mass is 172 g/mol. The van der Waals surface area contributed by atoms with Gasteiger partial charge in [-0.3, -0.25) is 4.90 Å². The molecule has 2 heterocycles. The van der Waals surface area contributed by atoms with E-state index < -0.39 is 6.17 Å². The Morgan fingerprint density at radius 3 is 2.92 bits per heavy atom. The van der Waals surface area contributed by atoms with Crippen LogP contribution in [0.25, 0.3) is 0 Å². The molecule has 2 aliphatic rings. The number of hydrogen-bond donors (Lipinski definition) is 1. The van der Waals surface area contributed by atoms with Crippen molar-refractivity contribution >= 4 is 0 Å². The van der Waals surface area contributed by atoms with Crippen LogP contribution in [0.5, 0.6) is 0 Å². The van der Waals surface area contributed by atoms with Gasteiger partial charge >= 0.3 is 0 Å². The van der Waals surface area contributed by atoms with E-state index in [-0.39, 0.29) is 0 Å². The van der Waals surface area contributed by atoms with Gasteiger partial charge < -0.3 is 5.32 Å². The van der Waals surface area contributed by atoms with Crippen LogP contribution in [-0.4, -0.2) is 43.3 Å². The zero-order valence-electron chi connectivity index (χ0n) is 7.43. The van der Waals surface area contributed by atoms with E-state index >= 15 is 0 Å². The Balaban J connectivity index is 1.72. The number of hydrogen-bond acceptors (Lipinski definition) is 2. The van der Waals surface area contributed by atoms with Crippen molar-refractivity contribution in [3.8, 4) is 0 Å². The number of halogens is 1. The summed E-state index contributed by atoms with van der Waals surface area (Å²) < 4.78 is 12.8. The summed E-state index contributed by atoms with van der Waals surface area (Å²) in [7, 11) is 0. The van der Waals surface area contributed by atoms with Crippen molar-refractivity contribution in [2.24, 2.45) is 0 Å². The third-order valence-corrected chi connectivity index (χ3v) is 2.86. The molecule has 2 nitrogen and oxygen atoms in total. The first-order valence-corrected chi connectivity index (χ1v) is 4.94. The van der Waals surface area contributed by atoms with Gasteiger partial charge in [-0.2, -0.15) is 0 Å². The molecule has 0 aliphatic carbocycles. The van der Waals surface area contributed by atoms with Crippen molar-refractivity contribution in [2.75, 3.05) is 26.2 Å². The highest BCUT2D eigenvalue weighted by atomic mass is 19.1. The van der Waals surface area contributed by atoms with Crippen LogP contribution in [0.15, 0.2) is 0 Å². The highest BCUT2D eigenvalue weighted by Crippen LogP contribution is 2.14. The fourth-order valence-corrected chi connectivity index (χ4v) is 2.18. The molecule has 3 heteroatoms. The van der Waals surface area contributed by atoms with Crippen LogP contribution in [0.1, 0.15) is 19.3 Å². The molecule has 1 N–H and O–H groups in total. The van der Waals surface area contributed by atoms with Crippen LogP contribution in [0.3, 0.4) is 0 Å². The third kappa shape index (κ3) is 1.96. The van der Waals surface area contributed by atoms with Gasteiger partial charge in [0.25, 0.3) is 0 Å². The van der Waals surface area contributed by atoms with E-state index in [4.69, 9.17) is 0 Å². The highest BCUT2D eigenvalue weighted by molar-refractivity contribution is 4.82. The Labute approximate surface area is 73.1 Å². The maximum Gasteiger partial charge on any atom is 0.114 e. The molecule has 2 fully saturated rings. The Morgan fingerprint density at radius 2 is 2.33 bits per heavy atom. The first-order valence-electron chi connectivity index (χ1n) is 4.94. The van der Waals surface area contributed by atoms with Crippen LogP contribution in [0.2, 0.25) is 0 Å².